The van der Waals surface area contributed by atoms with E-state index in [0.29, 0.717) is 6.61 Å². The van der Waals surface area contributed by atoms with E-state index in [4.69, 9.17) is 5.11 Å². The maximum Gasteiger partial charge on any atom is 0.140 e. The van der Waals surface area contributed by atoms with Gasteiger partial charge in [-0.2, -0.15) is 5.10 Å². The minimum atomic E-state index is 0.299. The molecule has 15 heavy (non-hydrogen) atoms. The largest absolute Gasteiger partial charge is 0.396 e. The normalized spacial score (nSPS) is 11.2. The lowest BCUT2D eigenvalue weighted by molar-refractivity contribution is 0.268. The fraction of sp³-hybridized carbons (Fsp3) is 0.800. The Bertz CT molecular complexity index is 274. The topological polar surface area (TPSA) is 54.2 Å². The molecular weight excluding hydrogens is 192 g/mol. The van der Waals surface area contributed by atoms with Crippen molar-refractivity contribution in [3.05, 3.63) is 12.2 Å². The van der Waals surface area contributed by atoms with Crippen molar-refractivity contribution >= 4 is 0 Å². The van der Waals surface area contributed by atoms with Crippen LogP contribution in [0.4, 0.5) is 0 Å². The van der Waals surface area contributed by atoms with Crippen LogP contribution in [0, 0.1) is 0 Å². The van der Waals surface area contributed by atoms with Crippen molar-refractivity contribution in [2.24, 2.45) is 7.05 Å². The Kier molecular flexibility index (Phi) is 5.28. The average molecular weight is 212 g/mol. The summed E-state index contributed by atoms with van der Waals surface area (Å²) in [6.07, 6.45) is 4.68. The number of nitrogens with zero attached hydrogens (tertiary/aromatic N) is 4. The molecule has 0 spiro atoms. The van der Waals surface area contributed by atoms with E-state index in [1.165, 1.54) is 0 Å². The third-order valence-electron chi connectivity index (χ3n) is 2.41. The van der Waals surface area contributed by atoms with Crippen molar-refractivity contribution in [3.8, 4) is 0 Å². The Morgan fingerprint density at radius 3 is 2.80 bits per heavy atom. The highest BCUT2D eigenvalue weighted by Gasteiger charge is 2.04. The molecule has 0 aliphatic rings. The molecule has 0 amide bonds. The summed E-state index contributed by atoms with van der Waals surface area (Å²) < 4.78 is 1.80. The lowest BCUT2D eigenvalue weighted by Gasteiger charge is -2.15. The summed E-state index contributed by atoms with van der Waals surface area (Å²) in [4.78, 5) is 6.39. The van der Waals surface area contributed by atoms with Crippen molar-refractivity contribution in [1.29, 1.82) is 0 Å². The summed E-state index contributed by atoms with van der Waals surface area (Å²) in [5.74, 6) is 0.986. The zero-order valence-corrected chi connectivity index (χ0v) is 9.56. The summed E-state index contributed by atoms with van der Waals surface area (Å²) in [6.45, 7) is 2.16. The van der Waals surface area contributed by atoms with Gasteiger partial charge in [-0.05, 0) is 32.9 Å². The lowest BCUT2D eigenvalue weighted by atomic mass is 10.2. The van der Waals surface area contributed by atoms with Crippen molar-refractivity contribution in [2.75, 3.05) is 20.2 Å². The highest BCUT2D eigenvalue weighted by molar-refractivity contribution is 4.82. The van der Waals surface area contributed by atoms with E-state index >= 15 is 0 Å². The second-order valence-corrected chi connectivity index (χ2v) is 3.82. The van der Waals surface area contributed by atoms with Crippen LogP contribution >= 0.6 is 0 Å². The standard InChI is InChI=1S/C10H20N4O/c1-13(6-4-3-5-7-15)8-10-11-9-12-14(10)2/h9,15H,3-8H2,1-2H3. The van der Waals surface area contributed by atoms with Gasteiger partial charge in [0, 0.05) is 13.7 Å². The van der Waals surface area contributed by atoms with Gasteiger partial charge in [-0.25, -0.2) is 4.98 Å². The van der Waals surface area contributed by atoms with Crippen molar-refractivity contribution in [1.82, 2.24) is 19.7 Å². The van der Waals surface area contributed by atoms with Gasteiger partial charge >= 0.3 is 0 Å². The van der Waals surface area contributed by atoms with Crippen LogP contribution in [-0.2, 0) is 13.6 Å². The molecule has 0 saturated heterocycles. The number of aromatic nitrogens is 3. The quantitative estimate of drug-likeness (QED) is 0.665. The molecule has 1 aromatic heterocycles. The first-order chi connectivity index (χ1) is 7.24. The predicted molar refractivity (Wildman–Crippen MR) is 58.3 cm³/mol. The number of hydrogen-bond donors (Lipinski definition) is 1. The second kappa shape index (κ2) is 6.53. The Morgan fingerprint density at radius 1 is 1.40 bits per heavy atom. The van der Waals surface area contributed by atoms with Crippen LogP contribution in [0.15, 0.2) is 6.33 Å². The summed E-state index contributed by atoms with van der Waals surface area (Å²) in [5, 5.41) is 12.7. The number of aliphatic hydroxyl groups excluding tert-OH is 1. The van der Waals surface area contributed by atoms with Gasteiger partial charge in [0.15, 0.2) is 0 Å². The molecule has 0 aliphatic heterocycles. The van der Waals surface area contributed by atoms with E-state index in [1.807, 2.05) is 7.05 Å². The summed E-state index contributed by atoms with van der Waals surface area (Å²) in [7, 11) is 3.98. The zero-order chi connectivity index (χ0) is 11.1. The molecule has 0 radical (unpaired) electrons. The first-order valence-corrected chi connectivity index (χ1v) is 5.36. The van der Waals surface area contributed by atoms with E-state index in [1.54, 1.807) is 11.0 Å². The molecule has 1 N–H and O–H groups in total. The zero-order valence-electron chi connectivity index (χ0n) is 9.56. The van der Waals surface area contributed by atoms with E-state index in [0.717, 1.165) is 38.2 Å². The van der Waals surface area contributed by atoms with E-state index in [2.05, 4.69) is 22.0 Å². The SMILES string of the molecule is CN(CCCCCO)Cc1ncnn1C. The lowest BCUT2D eigenvalue weighted by Crippen LogP contribution is -2.21. The number of rotatable bonds is 7. The smallest absolute Gasteiger partial charge is 0.140 e. The van der Waals surface area contributed by atoms with Crippen LogP contribution in [0.3, 0.4) is 0 Å². The van der Waals surface area contributed by atoms with Crippen molar-refractivity contribution in [3.63, 3.8) is 0 Å². The fourth-order valence-corrected chi connectivity index (χ4v) is 1.45. The van der Waals surface area contributed by atoms with Gasteiger partial charge in [-0.3, -0.25) is 9.58 Å². The molecule has 0 aromatic carbocycles. The monoisotopic (exact) mass is 212 g/mol. The molecule has 0 fully saturated rings. The minimum Gasteiger partial charge on any atom is -0.396 e. The molecule has 0 saturated carbocycles. The predicted octanol–water partition coefficient (Wildman–Crippen LogP) is 0.409. The van der Waals surface area contributed by atoms with Gasteiger partial charge in [0.25, 0.3) is 0 Å². The van der Waals surface area contributed by atoms with Crippen molar-refractivity contribution in [2.45, 2.75) is 25.8 Å². The molecule has 1 aromatic rings. The molecule has 0 bridgehead atoms. The molecule has 0 aliphatic carbocycles. The number of aliphatic hydroxyl groups is 1. The fourth-order valence-electron chi connectivity index (χ4n) is 1.45. The van der Waals surface area contributed by atoms with Gasteiger partial charge in [-0.1, -0.05) is 0 Å². The third kappa shape index (κ3) is 4.40. The highest BCUT2D eigenvalue weighted by atomic mass is 16.2. The van der Waals surface area contributed by atoms with Crippen molar-refractivity contribution < 1.29 is 5.11 Å². The highest BCUT2D eigenvalue weighted by Crippen LogP contribution is 2.01. The Balaban J connectivity index is 2.18. The molecule has 0 atom stereocenters. The van der Waals surface area contributed by atoms with Gasteiger partial charge in [0.1, 0.15) is 12.2 Å². The molecular formula is C10H20N4O. The van der Waals surface area contributed by atoms with Crippen LogP contribution in [0.1, 0.15) is 25.1 Å². The first kappa shape index (κ1) is 12.1. The molecule has 5 nitrogen and oxygen atoms in total. The second-order valence-electron chi connectivity index (χ2n) is 3.82. The van der Waals surface area contributed by atoms with E-state index in [9.17, 15) is 0 Å². The van der Waals surface area contributed by atoms with E-state index < -0.39 is 0 Å². The van der Waals surface area contributed by atoms with Gasteiger partial charge < -0.3 is 5.11 Å². The number of hydrogen-bond acceptors (Lipinski definition) is 4. The Hall–Kier alpha value is -0.940. The average Bonchev–Trinajstić information content (AvgIpc) is 2.59. The molecule has 1 rings (SSSR count). The molecule has 0 unspecified atom stereocenters. The Morgan fingerprint density at radius 2 is 2.20 bits per heavy atom. The van der Waals surface area contributed by atoms with Crippen LogP contribution in [-0.4, -0.2) is 45.0 Å². The van der Waals surface area contributed by atoms with Gasteiger partial charge in [0.2, 0.25) is 0 Å². The molecule has 1 heterocycles. The van der Waals surface area contributed by atoms with Crippen LogP contribution in [0.25, 0.3) is 0 Å². The van der Waals surface area contributed by atoms with Gasteiger partial charge in [0.05, 0.1) is 6.54 Å². The number of unbranched alkanes of at least 4 members (excludes halogenated alkanes) is 2. The van der Waals surface area contributed by atoms with Gasteiger partial charge in [-0.15, -0.1) is 0 Å². The number of aryl methyl sites for hydroxylation is 1. The molecule has 5 heteroatoms. The van der Waals surface area contributed by atoms with Crippen LogP contribution in [0.2, 0.25) is 0 Å². The van der Waals surface area contributed by atoms with Crippen LogP contribution in [0.5, 0.6) is 0 Å². The Labute approximate surface area is 90.7 Å². The summed E-state index contributed by atoms with van der Waals surface area (Å²) >= 11 is 0. The minimum absolute atomic E-state index is 0.299. The summed E-state index contributed by atoms with van der Waals surface area (Å²) in [6, 6.07) is 0. The summed E-state index contributed by atoms with van der Waals surface area (Å²) in [5.41, 5.74) is 0. The third-order valence-corrected chi connectivity index (χ3v) is 2.41. The maximum atomic E-state index is 8.64. The van der Waals surface area contributed by atoms with E-state index in [-0.39, 0.29) is 0 Å². The first-order valence-electron chi connectivity index (χ1n) is 5.36. The maximum absolute atomic E-state index is 8.64. The van der Waals surface area contributed by atoms with Crippen LogP contribution < -0.4 is 0 Å². The molecule has 86 valence electrons.